The summed E-state index contributed by atoms with van der Waals surface area (Å²) in [6.45, 7) is 3.14. The molecule has 0 bridgehead atoms. The number of benzene rings is 1. The first kappa shape index (κ1) is 15.4. The molecule has 0 saturated carbocycles. The second kappa shape index (κ2) is 4.51. The van der Waals surface area contributed by atoms with E-state index in [9.17, 15) is 30.7 Å². The highest BCUT2D eigenvalue weighted by Gasteiger charge is 2.82. The van der Waals surface area contributed by atoms with Crippen LogP contribution in [-0.4, -0.2) is 17.8 Å². The number of hydrogen-bond donors (Lipinski definition) is 0. The van der Waals surface area contributed by atoms with Crippen molar-refractivity contribution in [3.05, 3.63) is 54.1 Å². The van der Waals surface area contributed by atoms with E-state index in [1.807, 2.05) is 0 Å². The molecule has 1 aromatic carbocycles. The highest BCUT2D eigenvalue weighted by atomic mass is 19.3. The van der Waals surface area contributed by atoms with Crippen molar-refractivity contribution in [3.8, 4) is 0 Å². The van der Waals surface area contributed by atoms with Crippen molar-refractivity contribution in [1.29, 1.82) is 0 Å². The van der Waals surface area contributed by atoms with Gasteiger partial charge >= 0.3 is 17.8 Å². The van der Waals surface area contributed by atoms with Gasteiger partial charge in [-0.25, -0.2) is 4.39 Å². The van der Waals surface area contributed by atoms with Crippen LogP contribution in [0.4, 0.5) is 30.7 Å². The molecule has 0 aromatic heterocycles. The molecule has 1 nitrogen and oxygen atoms in total. The number of rotatable bonds is 3. The fraction of sp³-hybridized carbons (Fsp3) is 0.231. The lowest BCUT2D eigenvalue weighted by Crippen LogP contribution is -2.49. The van der Waals surface area contributed by atoms with Crippen LogP contribution in [0, 0.1) is 0 Å². The first-order chi connectivity index (χ1) is 9.53. The zero-order valence-electron chi connectivity index (χ0n) is 10.1. The summed E-state index contributed by atoms with van der Waals surface area (Å²) in [5.41, 5.74) is 0.0483. The lowest BCUT2D eigenvalue weighted by atomic mass is 10.1. The van der Waals surface area contributed by atoms with Gasteiger partial charge in [-0.05, 0) is 0 Å². The molecule has 1 aromatic rings. The molecule has 0 radical (unpaired) electrons. The predicted molar refractivity (Wildman–Crippen MR) is 59.5 cm³/mol. The Balaban J connectivity index is 2.40. The Morgan fingerprint density at radius 1 is 0.905 bits per heavy atom. The van der Waals surface area contributed by atoms with Gasteiger partial charge in [-0.1, -0.05) is 36.9 Å². The Labute approximate surface area is 114 Å². The molecule has 0 unspecified atom stereocenters. The highest BCUT2D eigenvalue weighted by molar-refractivity contribution is 5.59. The predicted octanol–water partition coefficient (Wildman–Crippen LogP) is 4.77. The summed E-state index contributed by atoms with van der Waals surface area (Å²) in [5.74, 6) is -23.1. The summed E-state index contributed by atoms with van der Waals surface area (Å²) in [6, 6.07) is 7.01. The van der Waals surface area contributed by atoms with Gasteiger partial charge in [0.2, 0.25) is 11.6 Å². The van der Waals surface area contributed by atoms with Crippen molar-refractivity contribution in [2.24, 2.45) is 0 Å². The highest BCUT2D eigenvalue weighted by Crippen LogP contribution is 2.60. The lowest BCUT2D eigenvalue weighted by molar-refractivity contribution is -0.272. The molecule has 0 spiro atoms. The summed E-state index contributed by atoms with van der Waals surface area (Å²) in [6.07, 6.45) is 0. The van der Waals surface area contributed by atoms with Gasteiger partial charge in [0.25, 0.3) is 0 Å². The monoisotopic (exact) mass is 312 g/mol. The molecule has 0 fully saturated rings. The number of allylic oxidation sites excluding steroid dienone is 2. The van der Waals surface area contributed by atoms with Crippen molar-refractivity contribution in [1.82, 2.24) is 0 Å². The van der Waals surface area contributed by atoms with Crippen LogP contribution in [0.3, 0.4) is 0 Å². The van der Waals surface area contributed by atoms with E-state index in [0.717, 1.165) is 0 Å². The second-order valence-corrected chi connectivity index (χ2v) is 4.26. The van der Waals surface area contributed by atoms with Gasteiger partial charge in [0.15, 0.2) is 0 Å². The first-order valence-electron chi connectivity index (χ1n) is 5.50. The summed E-state index contributed by atoms with van der Waals surface area (Å²) in [7, 11) is 0. The molecule has 2 rings (SSSR count). The van der Waals surface area contributed by atoms with Gasteiger partial charge in [-0.15, -0.1) is 0 Å². The Bertz CT molecular complexity index is 604. The Morgan fingerprint density at radius 3 is 1.86 bits per heavy atom. The fourth-order valence-corrected chi connectivity index (χ4v) is 1.67. The third-order valence-electron chi connectivity index (χ3n) is 2.87. The summed E-state index contributed by atoms with van der Waals surface area (Å²) < 4.78 is 95.9. The van der Waals surface area contributed by atoms with Crippen LogP contribution in [0.2, 0.25) is 0 Å². The molecule has 0 amide bonds. The molecule has 1 aliphatic carbocycles. The number of alkyl halides is 6. The normalized spacial score (nSPS) is 22.2. The fourth-order valence-electron chi connectivity index (χ4n) is 1.67. The van der Waals surface area contributed by atoms with E-state index in [0.29, 0.717) is 0 Å². The van der Waals surface area contributed by atoms with Gasteiger partial charge in [0.1, 0.15) is 5.76 Å². The molecular weight excluding hydrogens is 305 g/mol. The van der Waals surface area contributed by atoms with E-state index in [1.165, 1.54) is 24.3 Å². The summed E-state index contributed by atoms with van der Waals surface area (Å²) in [4.78, 5) is 0. The lowest BCUT2D eigenvalue weighted by Gasteiger charge is -2.24. The van der Waals surface area contributed by atoms with Crippen LogP contribution in [0.15, 0.2) is 48.5 Å². The smallest absolute Gasteiger partial charge is 0.386 e. The molecule has 21 heavy (non-hydrogen) atoms. The van der Waals surface area contributed by atoms with Gasteiger partial charge in [0, 0.05) is 5.56 Å². The number of halogens is 7. The van der Waals surface area contributed by atoms with Crippen LogP contribution < -0.4 is 0 Å². The maximum Gasteiger partial charge on any atom is 0.386 e. The maximum atomic E-state index is 13.3. The second-order valence-electron chi connectivity index (χ2n) is 4.26. The Morgan fingerprint density at radius 2 is 1.43 bits per heavy atom. The minimum absolute atomic E-state index is 0.0483. The SMILES string of the molecule is C=C(OC1=C(F)C(F)(F)C(F)(F)C1(F)F)c1ccccc1. The molecule has 0 N–H and O–H groups in total. The van der Waals surface area contributed by atoms with Crippen LogP contribution in [-0.2, 0) is 4.74 Å². The summed E-state index contributed by atoms with van der Waals surface area (Å²) in [5, 5.41) is 0. The van der Waals surface area contributed by atoms with Crippen molar-refractivity contribution >= 4 is 5.76 Å². The van der Waals surface area contributed by atoms with Crippen molar-refractivity contribution in [2.45, 2.75) is 17.8 Å². The minimum Gasteiger partial charge on any atom is -0.452 e. The standard InChI is InChI=1S/C13H7F7O/c1-7(8-5-3-2-4-6-8)21-10-9(14)11(15,16)13(19,20)12(10,17)18/h2-6H,1H2. The number of hydrogen-bond acceptors (Lipinski definition) is 1. The van der Waals surface area contributed by atoms with Gasteiger partial charge < -0.3 is 4.74 Å². The zero-order valence-corrected chi connectivity index (χ0v) is 10.1. The van der Waals surface area contributed by atoms with E-state index < -0.39 is 35.1 Å². The van der Waals surface area contributed by atoms with Crippen molar-refractivity contribution in [3.63, 3.8) is 0 Å². The average Bonchev–Trinajstić information content (AvgIpc) is 2.51. The van der Waals surface area contributed by atoms with Crippen LogP contribution in [0.25, 0.3) is 5.76 Å². The van der Waals surface area contributed by atoms with Crippen LogP contribution in [0.5, 0.6) is 0 Å². The van der Waals surface area contributed by atoms with Crippen molar-refractivity contribution < 1.29 is 35.5 Å². The third-order valence-corrected chi connectivity index (χ3v) is 2.87. The average molecular weight is 312 g/mol. The molecule has 114 valence electrons. The number of ether oxygens (including phenoxy) is 1. The maximum absolute atomic E-state index is 13.3. The quantitative estimate of drug-likeness (QED) is 0.577. The molecular formula is C13H7F7O. The molecule has 0 aliphatic heterocycles. The third kappa shape index (κ3) is 2.00. The van der Waals surface area contributed by atoms with Gasteiger partial charge in [-0.3, -0.25) is 0 Å². The summed E-state index contributed by atoms with van der Waals surface area (Å²) >= 11 is 0. The van der Waals surface area contributed by atoms with E-state index in [1.54, 1.807) is 6.07 Å². The molecule has 0 saturated heterocycles. The topological polar surface area (TPSA) is 9.23 Å². The first-order valence-corrected chi connectivity index (χ1v) is 5.50. The molecule has 8 heteroatoms. The van der Waals surface area contributed by atoms with Crippen molar-refractivity contribution in [2.75, 3.05) is 0 Å². The van der Waals surface area contributed by atoms with E-state index >= 15 is 0 Å². The molecule has 0 heterocycles. The van der Waals surface area contributed by atoms with Gasteiger partial charge in [-0.2, -0.15) is 26.3 Å². The Hall–Kier alpha value is -1.99. The Kier molecular flexibility index (Phi) is 3.30. The molecule has 1 aliphatic rings. The van der Waals surface area contributed by atoms with E-state index in [2.05, 4.69) is 11.3 Å². The van der Waals surface area contributed by atoms with E-state index in [4.69, 9.17) is 0 Å². The van der Waals surface area contributed by atoms with E-state index in [-0.39, 0.29) is 5.56 Å². The minimum atomic E-state index is -5.92. The van der Waals surface area contributed by atoms with Crippen LogP contribution in [0.1, 0.15) is 5.56 Å². The molecule has 0 atom stereocenters. The van der Waals surface area contributed by atoms with Gasteiger partial charge in [0.05, 0.1) is 0 Å². The largest absolute Gasteiger partial charge is 0.452 e. The van der Waals surface area contributed by atoms with Crippen LogP contribution >= 0.6 is 0 Å². The zero-order chi connectivity index (χ0) is 16.1.